The van der Waals surface area contributed by atoms with Crippen LogP contribution in [0.15, 0.2) is 6.33 Å². The van der Waals surface area contributed by atoms with E-state index in [-0.39, 0.29) is 0 Å². The molecule has 0 aromatic carbocycles. The molecule has 20 heavy (non-hydrogen) atoms. The van der Waals surface area contributed by atoms with Gasteiger partial charge in [0.25, 0.3) is 0 Å². The maximum absolute atomic E-state index is 5.64. The molecule has 5 nitrogen and oxygen atoms in total. The van der Waals surface area contributed by atoms with Crippen molar-refractivity contribution in [3.63, 3.8) is 0 Å². The van der Waals surface area contributed by atoms with E-state index >= 15 is 0 Å². The van der Waals surface area contributed by atoms with Crippen LogP contribution in [0.4, 0.5) is 11.9 Å². The average molecular weight is 273 g/mol. The molecule has 4 aliphatic rings. The Morgan fingerprint density at radius 2 is 1.75 bits per heavy atom. The van der Waals surface area contributed by atoms with Gasteiger partial charge in [-0.05, 0) is 68.6 Å². The number of hydrogen-bond acceptors (Lipinski definition) is 5. The second-order valence-electron chi connectivity index (χ2n) is 7.31. The third kappa shape index (κ3) is 1.95. The molecule has 1 unspecified atom stereocenters. The quantitative estimate of drug-likeness (QED) is 0.884. The molecule has 108 valence electrons. The molecule has 4 bridgehead atoms. The maximum atomic E-state index is 5.64. The van der Waals surface area contributed by atoms with Crippen LogP contribution in [0.2, 0.25) is 0 Å². The molecule has 5 rings (SSSR count). The van der Waals surface area contributed by atoms with Crippen molar-refractivity contribution in [1.82, 2.24) is 15.0 Å². The fourth-order valence-electron chi connectivity index (χ4n) is 5.43. The molecular formula is C15H23N5. The van der Waals surface area contributed by atoms with Gasteiger partial charge >= 0.3 is 0 Å². The molecule has 1 aromatic rings. The van der Waals surface area contributed by atoms with Gasteiger partial charge in [-0.3, -0.25) is 0 Å². The Morgan fingerprint density at radius 3 is 2.30 bits per heavy atom. The molecule has 0 aliphatic heterocycles. The summed E-state index contributed by atoms with van der Waals surface area (Å²) in [5.41, 5.74) is 6.09. The van der Waals surface area contributed by atoms with Crippen molar-refractivity contribution >= 4 is 11.9 Å². The van der Waals surface area contributed by atoms with E-state index in [1.807, 2.05) is 0 Å². The molecule has 1 heterocycles. The monoisotopic (exact) mass is 273 g/mol. The second-order valence-corrected chi connectivity index (χ2v) is 7.31. The van der Waals surface area contributed by atoms with Crippen LogP contribution in [0, 0.1) is 23.2 Å². The number of nitrogens with zero attached hydrogens (tertiary/aromatic N) is 3. The van der Waals surface area contributed by atoms with Crippen LogP contribution in [0.1, 0.15) is 45.4 Å². The molecule has 4 fully saturated rings. The Morgan fingerprint density at radius 1 is 1.15 bits per heavy atom. The minimum Gasteiger partial charge on any atom is -0.368 e. The zero-order valence-corrected chi connectivity index (χ0v) is 12.0. The maximum Gasteiger partial charge on any atom is 0.227 e. The number of nitrogens with two attached hydrogens (primary N) is 1. The average Bonchev–Trinajstić information content (AvgIpc) is 2.37. The largest absolute Gasteiger partial charge is 0.368 e. The van der Waals surface area contributed by atoms with Gasteiger partial charge in [0.05, 0.1) is 0 Å². The second kappa shape index (κ2) is 4.30. The molecule has 0 amide bonds. The highest BCUT2D eigenvalue weighted by molar-refractivity contribution is 5.31. The number of hydrogen-bond donors (Lipinski definition) is 2. The van der Waals surface area contributed by atoms with Gasteiger partial charge in [0.2, 0.25) is 11.9 Å². The summed E-state index contributed by atoms with van der Waals surface area (Å²) in [6, 6.07) is 0.415. The zero-order valence-electron chi connectivity index (χ0n) is 12.0. The summed E-state index contributed by atoms with van der Waals surface area (Å²) >= 11 is 0. The van der Waals surface area contributed by atoms with Crippen LogP contribution in [0.3, 0.4) is 0 Å². The van der Waals surface area contributed by atoms with Crippen molar-refractivity contribution in [2.24, 2.45) is 23.2 Å². The van der Waals surface area contributed by atoms with E-state index in [2.05, 4.69) is 27.2 Å². The van der Waals surface area contributed by atoms with E-state index in [1.165, 1.54) is 44.9 Å². The van der Waals surface area contributed by atoms with E-state index in [4.69, 9.17) is 5.73 Å². The van der Waals surface area contributed by atoms with Crippen molar-refractivity contribution in [3.05, 3.63) is 6.33 Å². The highest BCUT2D eigenvalue weighted by Crippen LogP contribution is 2.61. The van der Waals surface area contributed by atoms with Gasteiger partial charge in [-0.15, -0.1) is 0 Å². The summed E-state index contributed by atoms with van der Waals surface area (Å²) in [6.45, 7) is 2.30. The van der Waals surface area contributed by atoms with Gasteiger partial charge in [0, 0.05) is 6.04 Å². The number of anilines is 2. The molecule has 4 saturated carbocycles. The molecule has 0 radical (unpaired) electrons. The van der Waals surface area contributed by atoms with Crippen LogP contribution in [-0.4, -0.2) is 21.0 Å². The summed E-state index contributed by atoms with van der Waals surface area (Å²) in [4.78, 5) is 12.2. The van der Waals surface area contributed by atoms with Crippen LogP contribution >= 0.6 is 0 Å². The number of rotatable bonds is 3. The molecular weight excluding hydrogens is 250 g/mol. The Kier molecular flexibility index (Phi) is 2.66. The van der Waals surface area contributed by atoms with Gasteiger partial charge in [-0.25, -0.2) is 9.97 Å². The van der Waals surface area contributed by atoms with Crippen molar-refractivity contribution in [1.29, 1.82) is 0 Å². The number of aromatic nitrogens is 3. The predicted molar refractivity (Wildman–Crippen MR) is 77.9 cm³/mol. The first-order chi connectivity index (χ1) is 9.63. The molecule has 3 N–H and O–H groups in total. The highest BCUT2D eigenvalue weighted by atomic mass is 15.2. The lowest BCUT2D eigenvalue weighted by Crippen LogP contribution is -2.53. The first-order valence-electron chi connectivity index (χ1n) is 7.84. The summed E-state index contributed by atoms with van der Waals surface area (Å²) in [5.74, 6) is 3.82. The summed E-state index contributed by atoms with van der Waals surface area (Å²) in [7, 11) is 0. The standard InChI is InChI=1S/C15H23N5/c1-9(19-14-18-8-17-13(16)20-14)15-5-10-2-11(6-15)4-12(3-10)7-15/h8-12H,2-7H2,1H3,(H3,16,17,18,19,20). The van der Waals surface area contributed by atoms with E-state index in [1.54, 1.807) is 0 Å². The van der Waals surface area contributed by atoms with Crippen LogP contribution in [0.25, 0.3) is 0 Å². The number of nitrogens with one attached hydrogen (secondary N) is 1. The predicted octanol–water partition coefficient (Wildman–Crippen LogP) is 2.47. The summed E-state index contributed by atoms with van der Waals surface area (Å²) in [5, 5.41) is 3.50. The lowest BCUT2D eigenvalue weighted by atomic mass is 9.48. The molecule has 0 saturated heterocycles. The Hall–Kier alpha value is -1.39. The van der Waals surface area contributed by atoms with Gasteiger partial charge < -0.3 is 11.1 Å². The van der Waals surface area contributed by atoms with Crippen LogP contribution < -0.4 is 11.1 Å². The molecule has 1 aromatic heterocycles. The zero-order chi connectivity index (χ0) is 13.7. The molecule has 1 atom stereocenters. The van der Waals surface area contributed by atoms with Gasteiger partial charge in [0.1, 0.15) is 6.33 Å². The lowest BCUT2D eigenvalue weighted by Gasteiger charge is -2.59. The molecule has 4 aliphatic carbocycles. The smallest absolute Gasteiger partial charge is 0.227 e. The Balaban J connectivity index is 1.54. The Bertz CT molecular complexity index is 479. The van der Waals surface area contributed by atoms with E-state index < -0.39 is 0 Å². The van der Waals surface area contributed by atoms with Crippen molar-refractivity contribution in [2.45, 2.75) is 51.5 Å². The molecule has 5 heteroatoms. The minimum absolute atomic E-state index is 0.292. The SMILES string of the molecule is CC(Nc1ncnc(N)n1)C12CC3CC(CC(C3)C1)C2. The van der Waals surface area contributed by atoms with E-state index in [0.29, 0.717) is 23.4 Å². The molecule has 0 spiro atoms. The normalized spacial score (nSPS) is 39.8. The fraction of sp³-hybridized carbons (Fsp3) is 0.800. The van der Waals surface area contributed by atoms with E-state index in [0.717, 1.165) is 17.8 Å². The van der Waals surface area contributed by atoms with Crippen molar-refractivity contribution < 1.29 is 0 Å². The minimum atomic E-state index is 0.292. The fourth-order valence-corrected chi connectivity index (χ4v) is 5.43. The van der Waals surface area contributed by atoms with Gasteiger partial charge in [0.15, 0.2) is 0 Å². The third-order valence-corrected chi connectivity index (χ3v) is 5.94. The summed E-state index contributed by atoms with van der Waals surface area (Å²) in [6.07, 6.45) is 10.1. The lowest BCUT2D eigenvalue weighted by molar-refractivity contribution is -0.0603. The van der Waals surface area contributed by atoms with Gasteiger partial charge in [-0.1, -0.05) is 0 Å². The topological polar surface area (TPSA) is 76.7 Å². The first kappa shape index (κ1) is 12.4. The van der Waals surface area contributed by atoms with Crippen molar-refractivity contribution in [2.75, 3.05) is 11.1 Å². The van der Waals surface area contributed by atoms with Crippen molar-refractivity contribution in [3.8, 4) is 0 Å². The van der Waals surface area contributed by atoms with E-state index in [9.17, 15) is 0 Å². The first-order valence-corrected chi connectivity index (χ1v) is 7.84. The number of nitrogen functional groups attached to an aromatic ring is 1. The Labute approximate surface area is 119 Å². The van der Waals surface area contributed by atoms with Crippen LogP contribution in [-0.2, 0) is 0 Å². The highest BCUT2D eigenvalue weighted by Gasteiger charge is 2.53. The van der Waals surface area contributed by atoms with Gasteiger partial charge in [-0.2, -0.15) is 4.98 Å². The summed E-state index contributed by atoms with van der Waals surface area (Å²) < 4.78 is 0. The third-order valence-electron chi connectivity index (χ3n) is 5.94. The van der Waals surface area contributed by atoms with Crippen LogP contribution in [0.5, 0.6) is 0 Å².